The van der Waals surface area contributed by atoms with Gasteiger partial charge in [0.25, 0.3) is 5.91 Å². The molecule has 0 bridgehead atoms. The average molecular weight is 416 g/mol. The molecule has 0 radical (unpaired) electrons. The number of nitrogens with zero attached hydrogens (tertiary/aromatic N) is 3. The molecule has 2 heterocycles. The van der Waals surface area contributed by atoms with Gasteiger partial charge < -0.3 is 15.1 Å². The molecule has 0 atom stereocenters. The summed E-state index contributed by atoms with van der Waals surface area (Å²) in [6.45, 7) is 4.19. The van der Waals surface area contributed by atoms with E-state index in [1.54, 1.807) is 4.90 Å². The molecule has 1 N–H and O–H groups in total. The third kappa shape index (κ3) is 5.16. The lowest BCUT2D eigenvalue weighted by atomic mass is 9.94. The van der Waals surface area contributed by atoms with Crippen LogP contribution in [0.2, 0.25) is 0 Å². The van der Waals surface area contributed by atoms with E-state index in [-0.39, 0.29) is 29.5 Å². The number of carbonyl (C=O) groups excluding carboxylic acids is 3. The first-order valence-electron chi connectivity index (χ1n) is 10.8. The summed E-state index contributed by atoms with van der Waals surface area (Å²) in [6.07, 6.45) is 3.47. The Morgan fingerprint density at radius 1 is 0.867 bits per heavy atom. The Morgan fingerprint density at radius 2 is 1.50 bits per heavy atom. The minimum atomic E-state index is -0.362. The summed E-state index contributed by atoms with van der Waals surface area (Å²) in [4.78, 5) is 43.1. The van der Waals surface area contributed by atoms with Crippen LogP contribution in [0.25, 0.3) is 0 Å². The van der Waals surface area contributed by atoms with Crippen molar-refractivity contribution in [2.45, 2.75) is 31.7 Å². The maximum Gasteiger partial charge on any atom is 0.253 e. The van der Waals surface area contributed by atoms with Crippen molar-refractivity contribution >= 4 is 17.7 Å². The molecule has 3 aliphatic rings. The molecule has 1 saturated carbocycles. The number of carbonyl (C=O) groups is 3. The molecule has 3 fully saturated rings. The molecule has 8 heteroatoms. The normalized spacial score (nSPS) is 20.8. The zero-order valence-corrected chi connectivity index (χ0v) is 17.2. The monoisotopic (exact) mass is 416 g/mol. The van der Waals surface area contributed by atoms with Crippen molar-refractivity contribution in [2.75, 3.05) is 45.8 Å². The second-order valence-corrected chi connectivity index (χ2v) is 8.52. The molecule has 3 amide bonds. The van der Waals surface area contributed by atoms with Crippen LogP contribution < -0.4 is 5.32 Å². The topological polar surface area (TPSA) is 73.0 Å². The van der Waals surface area contributed by atoms with Gasteiger partial charge in [0.2, 0.25) is 11.8 Å². The van der Waals surface area contributed by atoms with Gasteiger partial charge in [-0.2, -0.15) is 0 Å². The van der Waals surface area contributed by atoms with Crippen LogP contribution in [-0.4, -0.2) is 84.3 Å². The van der Waals surface area contributed by atoms with E-state index in [1.807, 2.05) is 4.90 Å². The zero-order valence-electron chi connectivity index (χ0n) is 17.2. The highest BCUT2D eigenvalue weighted by molar-refractivity contribution is 5.94. The van der Waals surface area contributed by atoms with Gasteiger partial charge in [0.05, 0.1) is 6.54 Å². The van der Waals surface area contributed by atoms with E-state index < -0.39 is 0 Å². The molecule has 2 saturated heterocycles. The molecule has 1 aromatic rings. The van der Waals surface area contributed by atoms with Gasteiger partial charge in [0, 0.05) is 56.8 Å². The van der Waals surface area contributed by atoms with Crippen LogP contribution in [0.1, 0.15) is 36.0 Å². The predicted octanol–water partition coefficient (Wildman–Crippen LogP) is 1.10. The number of rotatable bonds is 5. The second kappa shape index (κ2) is 9.12. The fraction of sp³-hybridized carbons (Fsp3) is 0.591. The van der Waals surface area contributed by atoms with Crippen molar-refractivity contribution in [3.8, 4) is 0 Å². The summed E-state index contributed by atoms with van der Waals surface area (Å²) in [6, 6.07) is 5.96. The molecule has 1 aliphatic carbocycles. The van der Waals surface area contributed by atoms with E-state index in [0.717, 1.165) is 12.8 Å². The molecule has 0 aromatic heterocycles. The minimum absolute atomic E-state index is 0.0630. The van der Waals surface area contributed by atoms with E-state index in [4.69, 9.17) is 0 Å². The number of amides is 3. The van der Waals surface area contributed by atoms with E-state index in [0.29, 0.717) is 70.3 Å². The predicted molar refractivity (Wildman–Crippen MR) is 109 cm³/mol. The molecule has 1 aromatic carbocycles. The average Bonchev–Trinajstić information content (AvgIpc) is 3.58. The van der Waals surface area contributed by atoms with Crippen LogP contribution in [0.4, 0.5) is 4.39 Å². The second-order valence-electron chi connectivity index (χ2n) is 8.52. The Hall–Kier alpha value is -2.48. The van der Waals surface area contributed by atoms with Crippen LogP contribution in [-0.2, 0) is 9.59 Å². The van der Waals surface area contributed by atoms with Crippen molar-refractivity contribution in [3.63, 3.8) is 0 Å². The highest BCUT2D eigenvalue weighted by atomic mass is 19.1. The first-order valence-corrected chi connectivity index (χ1v) is 10.8. The molecule has 7 nitrogen and oxygen atoms in total. The molecule has 162 valence electrons. The quantitative estimate of drug-likeness (QED) is 0.780. The third-order valence-electron chi connectivity index (χ3n) is 6.22. The summed E-state index contributed by atoms with van der Waals surface area (Å²) < 4.78 is 13.1. The highest BCUT2D eigenvalue weighted by Crippen LogP contribution is 2.22. The van der Waals surface area contributed by atoms with Gasteiger partial charge in [-0.15, -0.1) is 0 Å². The van der Waals surface area contributed by atoms with Crippen molar-refractivity contribution in [1.29, 1.82) is 0 Å². The highest BCUT2D eigenvalue weighted by Gasteiger charge is 2.32. The van der Waals surface area contributed by atoms with Crippen molar-refractivity contribution in [1.82, 2.24) is 20.0 Å². The van der Waals surface area contributed by atoms with Gasteiger partial charge in [-0.05, 0) is 49.9 Å². The third-order valence-corrected chi connectivity index (χ3v) is 6.22. The van der Waals surface area contributed by atoms with Crippen molar-refractivity contribution in [3.05, 3.63) is 35.6 Å². The summed E-state index contributed by atoms with van der Waals surface area (Å²) >= 11 is 0. The fourth-order valence-corrected chi connectivity index (χ4v) is 4.19. The lowest BCUT2D eigenvalue weighted by Crippen LogP contribution is -2.53. The number of hydrogen-bond acceptors (Lipinski definition) is 4. The van der Waals surface area contributed by atoms with Crippen LogP contribution in [0, 0.1) is 11.7 Å². The summed E-state index contributed by atoms with van der Waals surface area (Å²) in [5.74, 6) is -0.299. The Kier molecular flexibility index (Phi) is 6.32. The number of halogens is 1. The van der Waals surface area contributed by atoms with E-state index in [1.165, 1.54) is 24.3 Å². The number of piperazine rings is 1. The molecule has 4 rings (SSSR count). The molecule has 0 spiro atoms. The van der Waals surface area contributed by atoms with E-state index in [2.05, 4.69) is 10.2 Å². The maximum absolute atomic E-state index is 13.1. The van der Waals surface area contributed by atoms with Gasteiger partial charge in [-0.1, -0.05) is 0 Å². The summed E-state index contributed by atoms with van der Waals surface area (Å²) in [7, 11) is 0. The van der Waals surface area contributed by atoms with E-state index in [9.17, 15) is 18.8 Å². The van der Waals surface area contributed by atoms with Crippen molar-refractivity contribution < 1.29 is 18.8 Å². The van der Waals surface area contributed by atoms with Crippen LogP contribution in [0.3, 0.4) is 0 Å². The summed E-state index contributed by atoms with van der Waals surface area (Å²) in [5, 5.41) is 3.00. The van der Waals surface area contributed by atoms with Crippen LogP contribution in [0.5, 0.6) is 0 Å². The molecular weight excluding hydrogens is 387 g/mol. The number of piperidine rings is 1. The Labute approximate surface area is 176 Å². The molecule has 30 heavy (non-hydrogen) atoms. The Morgan fingerprint density at radius 3 is 2.10 bits per heavy atom. The van der Waals surface area contributed by atoms with Crippen LogP contribution >= 0.6 is 0 Å². The number of nitrogens with one attached hydrogen (secondary N) is 1. The lowest BCUT2D eigenvalue weighted by Gasteiger charge is -2.38. The lowest BCUT2D eigenvalue weighted by molar-refractivity contribution is -0.138. The summed E-state index contributed by atoms with van der Waals surface area (Å²) in [5.41, 5.74) is 0.475. The minimum Gasteiger partial charge on any atom is -0.352 e. The fourth-order valence-electron chi connectivity index (χ4n) is 4.19. The van der Waals surface area contributed by atoms with Gasteiger partial charge in [0.15, 0.2) is 0 Å². The zero-order chi connectivity index (χ0) is 21.1. The number of hydrogen-bond donors (Lipinski definition) is 1. The van der Waals surface area contributed by atoms with Gasteiger partial charge in [-0.25, -0.2) is 4.39 Å². The van der Waals surface area contributed by atoms with Gasteiger partial charge in [-0.3, -0.25) is 19.3 Å². The molecule has 0 unspecified atom stereocenters. The van der Waals surface area contributed by atoms with E-state index >= 15 is 0 Å². The molecular formula is C22H29FN4O3. The van der Waals surface area contributed by atoms with Gasteiger partial charge in [0.1, 0.15) is 5.82 Å². The standard InChI is InChI=1S/C22H29FN4O3/c23-18-3-1-16(2-4-18)21(29)26-9-7-17(8-10-26)22(30)27-13-11-25(12-14-27)15-20(28)24-19-5-6-19/h1-4,17,19H,5-15H2,(H,24,28). The van der Waals surface area contributed by atoms with Gasteiger partial charge >= 0.3 is 0 Å². The number of benzene rings is 1. The number of likely N-dealkylation sites (tertiary alicyclic amines) is 1. The first kappa shape index (κ1) is 20.8. The van der Waals surface area contributed by atoms with Crippen molar-refractivity contribution in [2.24, 2.45) is 5.92 Å². The first-order chi connectivity index (χ1) is 14.5. The van der Waals surface area contributed by atoms with Crippen LogP contribution in [0.15, 0.2) is 24.3 Å². The SMILES string of the molecule is O=C(CN1CCN(C(=O)C2CCN(C(=O)c3ccc(F)cc3)CC2)CC1)NC1CC1. The Bertz CT molecular complexity index is 780. The maximum atomic E-state index is 13.1. The smallest absolute Gasteiger partial charge is 0.253 e. The molecule has 2 aliphatic heterocycles. The Balaban J connectivity index is 1.20. The largest absolute Gasteiger partial charge is 0.352 e.